The van der Waals surface area contributed by atoms with E-state index < -0.39 is 36.2 Å². The Morgan fingerprint density at radius 2 is 1.56 bits per heavy atom. The Hall–Kier alpha value is -2.96. The molecule has 0 radical (unpaired) electrons. The summed E-state index contributed by atoms with van der Waals surface area (Å²) in [4.78, 5) is 37.1. The van der Waals surface area contributed by atoms with E-state index in [0.29, 0.717) is 16.9 Å². The summed E-state index contributed by atoms with van der Waals surface area (Å²) >= 11 is 2.87. The second-order valence-electron chi connectivity index (χ2n) is 6.91. The maximum Gasteiger partial charge on any atom is 0.338 e. The monoisotopic (exact) mass is 471 g/mol. The molecule has 0 aliphatic carbocycles. The van der Waals surface area contributed by atoms with Crippen molar-refractivity contribution in [2.75, 3.05) is 5.75 Å². The quantitative estimate of drug-likeness (QED) is 0.459. The van der Waals surface area contributed by atoms with Crippen LogP contribution in [-0.4, -0.2) is 46.6 Å². The van der Waals surface area contributed by atoms with Gasteiger partial charge in [-0.05, 0) is 36.4 Å². The first-order valence-electron chi connectivity index (χ1n) is 9.76. The minimum absolute atomic E-state index is 0.317. The number of ether oxygens (including phenoxy) is 3. The van der Waals surface area contributed by atoms with Crippen LogP contribution >= 0.6 is 23.5 Å². The molecule has 2 aromatic rings. The van der Waals surface area contributed by atoms with Crippen molar-refractivity contribution in [3.05, 3.63) is 65.7 Å². The summed E-state index contributed by atoms with van der Waals surface area (Å²) in [6, 6.07) is 17.6. The first-order chi connectivity index (χ1) is 15.4. The summed E-state index contributed by atoms with van der Waals surface area (Å²) in [7, 11) is 0. The largest absolute Gasteiger partial charge is 0.456 e. The molecule has 1 aliphatic heterocycles. The van der Waals surface area contributed by atoms with Gasteiger partial charge in [-0.1, -0.05) is 18.2 Å². The average molecular weight is 472 g/mol. The van der Waals surface area contributed by atoms with Crippen molar-refractivity contribution < 1.29 is 28.6 Å². The molecular formula is C23H21NO6S2. The van der Waals surface area contributed by atoms with E-state index in [4.69, 9.17) is 19.5 Å². The van der Waals surface area contributed by atoms with Crippen LogP contribution in [-0.2, 0) is 23.8 Å². The van der Waals surface area contributed by atoms with E-state index in [0.717, 1.165) is 4.90 Å². The van der Waals surface area contributed by atoms with Gasteiger partial charge in [-0.3, -0.25) is 9.59 Å². The van der Waals surface area contributed by atoms with Gasteiger partial charge in [-0.15, -0.1) is 23.5 Å². The van der Waals surface area contributed by atoms with Gasteiger partial charge in [-0.25, -0.2) is 4.79 Å². The highest BCUT2D eigenvalue weighted by atomic mass is 32.2. The number of rotatable bonds is 6. The minimum atomic E-state index is -0.957. The Labute approximate surface area is 194 Å². The zero-order valence-corrected chi connectivity index (χ0v) is 19.1. The standard InChI is InChI=1S/C23H21NO6S2/c1-14(25)28-20-19(30-22(27)17-6-4-3-5-7-17)13-31-23(21(20)29-15(2)26)32-18-10-8-16(12-24)9-11-18/h3-11,19-21,23H,13H2,1-2H3/t19-,20-,21+,23+/m0/s1. The normalized spacial score (nSPS) is 22.3. The number of carbonyl (C=O) groups excluding carboxylic acids is 3. The number of nitriles is 1. The Morgan fingerprint density at radius 1 is 0.938 bits per heavy atom. The van der Waals surface area contributed by atoms with Crippen LogP contribution in [0.1, 0.15) is 29.8 Å². The van der Waals surface area contributed by atoms with E-state index in [2.05, 4.69) is 6.07 Å². The van der Waals surface area contributed by atoms with Crippen molar-refractivity contribution in [2.45, 2.75) is 41.6 Å². The average Bonchev–Trinajstić information content (AvgIpc) is 2.78. The molecule has 0 unspecified atom stereocenters. The Kier molecular flexibility index (Phi) is 8.20. The predicted octanol–water partition coefficient (Wildman–Crippen LogP) is 3.81. The van der Waals surface area contributed by atoms with E-state index in [1.165, 1.54) is 37.4 Å². The molecule has 0 bridgehead atoms. The number of hydrogen-bond donors (Lipinski definition) is 0. The van der Waals surface area contributed by atoms with Crippen LogP contribution in [0.4, 0.5) is 0 Å². The number of thioether (sulfide) groups is 2. The molecular weight excluding hydrogens is 450 g/mol. The van der Waals surface area contributed by atoms with Gasteiger partial charge in [0.25, 0.3) is 0 Å². The van der Waals surface area contributed by atoms with Crippen molar-refractivity contribution in [3.63, 3.8) is 0 Å². The van der Waals surface area contributed by atoms with Crippen LogP contribution in [0.15, 0.2) is 59.5 Å². The zero-order chi connectivity index (χ0) is 23.1. The Morgan fingerprint density at radius 3 is 2.16 bits per heavy atom. The van der Waals surface area contributed by atoms with Crippen molar-refractivity contribution in [3.8, 4) is 6.07 Å². The number of nitrogens with zero attached hydrogens (tertiary/aromatic N) is 1. The summed E-state index contributed by atoms with van der Waals surface area (Å²) in [5, 5.41) is 8.98. The van der Waals surface area contributed by atoms with Gasteiger partial charge in [0.15, 0.2) is 18.3 Å². The van der Waals surface area contributed by atoms with Gasteiger partial charge in [0.1, 0.15) is 0 Å². The molecule has 7 nitrogen and oxygen atoms in total. The van der Waals surface area contributed by atoms with Crippen molar-refractivity contribution in [1.29, 1.82) is 5.26 Å². The third kappa shape index (κ3) is 6.28. The van der Waals surface area contributed by atoms with Crippen molar-refractivity contribution in [1.82, 2.24) is 0 Å². The van der Waals surface area contributed by atoms with E-state index in [-0.39, 0.29) is 4.58 Å². The molecule has 9 heteroatoms. The van der Waals surface area contributed by atoms with Crippen LogP contribution in [0.25, 0.3) is 0 Å². The fraction of sp³-hybridized carbons (Fsp3) is 0.304. The summed E-state index contributed by atoms with van der Waals surface area (Å²) < 4.78 is 16.4. The lowest BCUT2D eigenvalue weighted by atomic mass is 10.1. The van der Waals surface area contributed by atoms with Gasteiger partial charge in [0, 0.05) is 24.5 Å². The molecule has 4 atom stereocenters. The van der Waals surface area contributed by atoms with Crippen molar-refractivity contribution >= 4 is 41.4 Å². The molecule has 1 saturated heterocycles. The summed E-state index contributed by atoms with van der Waals surface area (Å²) in [6.07, 6.45) is -2.59. The van der Waals surface area contributed by atoms with Gasteiger partial charge in [0.2, 0.25) is 0 Å². The van der Waals surface area contributed by atoms with E-state index in [9.17, 15) is 14.4 Å². The zero-order valence-electron chi connectivity index (χ0n) is 17.4. The molecule has 0 amide bonds. The maximum atomic E-state index is 12.6. The maximum absolute atomic E-state index is 12.6. The first kappa shape index (κ1) is 23.7. The highest BCUT2D eigenvalue weighted by molar-refractivity contribution is 8.17. The molecule has 0 saturated carbocycles. The lowest BCUT2D eigenvalue weighted by molar-refractivity contribution is -0.172. The van der Waals surface area contributed by atoms with Crippen LogP contribution in [0.3, 0.4) is 0 Å². The summed E-state index contributed by atoms with van der Waals surface area (Å²) in [5.41, 5.74) is 0.907. The predicted molar refractivity (Wildman–Crippen MR) is 120 cm³/mol. The first-order valence-corrected chi connectivity index (χ1v) is 11.7. The van der Waals surface area contributed by atoms with Crippen LogP contribution in [0.5, 0.6) is 0 Å². The number of carbonyl (C=O) groups is 3. The van der Waals surface area contributed by atoms with Gasteiger partial charge in [-0.2, -0.15) is 5.26 Å². The number of esters is 3. The smallest absolute Gasteiger partial charge is 0.338 e. The molecule has 166 valence electrons. The van der Waals surface area contributed by atoms with E-state index in [1.807, 2.05) is 0 Å². The topological polar surface area (TPSA) is 103 Å². The molecule has 1 aliphatic rings. The minimum Gasteiger partial charge on any atom is -0.456 e. The van der Waals surface area contributed by atoms with Crippen molar-refractivity contribution in [2.24, 2.45) is 0 Å². The highest BCUT2D eigenvalue weighted by Crippen LogP contribution is 2.42. The summed E-state index contributed by atoms with van der Waals surface area (Å²) in [5.74, 6) is -1.30. The molecule has 3 rings (SSSR count). The van der Waals surface area contributed by atoms with E-state index in [1.54, 1.807) is 54.6 Å². The molecule has 1 heterocycles. The highest BCUT2D eigenvalue weighted by Gasteiger charge is 2.47. The fourth-order valence-corrected chi connectivity index (χ4v) is 5.90. The Balaban J connectivity index is 1.83. The van der Waals surface area contributed by atoms with Gasteiger partial charge >= 0.3 is 17.9 Å². The number of benzene rings is 2. The third-order valence-electron chi connectivity index (χ3n) is 4.49. The van der Waals surface area contributed by atoms with Crippen LogP contribution in [0, 0.1) is 11.3 Å². The molecule has 2 aromatic carbocycles. The molecule has 0 spiro atoms. The molecule has 32 heavy (non-hydrogen) atoms. The third-order valence-corrected chi connectivity index (χ3v) is 7.35. The lowest BCUT2D eigenvalue weighted by Crippen LogP contribution is -2.53. The SMILES string of the molecule is CC(=O)O[C@@H]1[C@@H](OC(C)=O)[C@@H](Sc2ccc(C#N)cc2)SC[C@@H]1OC(=O)c1ccccc1. The second-order valence-corrected chi connectivity index (χ2v) is 9.60. The van der Waals surface area contributed by atoms with Crippen LogP contribution in [0.2, 0.25) is 0 Å². The van der Waals surface area contributed by atoms with Gasteiger partial charge < -0.3 is 14.2 Å². The Bertz CT molecular complexity index is 1010. The van der Waals surface area contributed by atoms with E-state index >= 15 is 0 Å². The molecule has 0 aromatic heterocycles. The molecule has 1 fully saturated rings. The van der Waals surface area contributed by atoms with Gasteiger partial charge in [0.05, 0.1) is 21.8 Å². The van der Waals surface area contributed by atoms with Crippen LogP contribution < -0.4 is 0 Å². The number of hydrogen-bond acceptors (Lipinski definition) is 9. The fourth-order valence-electron chi connectivity index (χ4n) is 3.12. The molecule has 0 N–H and O–H groups in total. The second kappa shape index (κ2) is 11.1. The summed E-state index contributed by atoms with van der Waals surface area (Å²) in [6.45, 7) is 2.53. The lowest BCUT2D eigenvalue weighted by Gasteiger charge is -2.40.